The molecule has 134 valence electrons. The highest BCUT2D eigenvalue weighted by molar-refractivity contribution is 5.93. The Labute approximate surface area is 152 Å². The lowest BCUT2D eigenvalue weighted by Crippen LogP contribution is -2.39. The van der Waals surface area contributed by atoms with Crippen LogP contribution in [0.25, 0.3) is 10.9 Å². The van der Waals surface area contributed by atoms with Gasteiger partial charge in [-0.25, -0.2) is 0 Å². The first-order valence-electron chi connectivity index (χ1n) is 9.03. The van der Waals surface area contributed by atoms with Gasteiger partial charge in [0.25, 0.3) is 5.91 Å². The Balaban J connectivity index is 1.38. The van der Waals surface area contributed by atoms with Gasteiger partial charge in [-0.05, 0) is 43.1 Å². The fourth-order valence-corrected chi connectivity index (χ4v) is 3.64. The van der Waals surface area contributed by atoms with Crippen molar-refractivity contribution in [3.8, 4) is 0 Å². The molecule has 1 aliphatic heterocycles. The number of amides is 1. The molecule has 1 aromatic carbocycles. The fourth-order valence-electron chi connectivity index (χ4n) is 3.64. The van der Waals surface area contributed by atoms with Crippen molar-refractivity contribution in [1.82, 2.24) is 25.0 Å². The fraction of sp³-hybridized carbons (Fsp3) is 0.350. The molecule has 0 aliphatic carbocycles. The number of hydrogen-bond acceptors (Lipinski definition) is 4. The normalized spacial score (nSPS) is 17.7. The van der Waals surface area contributed by atoms with E-state index in [0.29, 0.717) is 18.2 Å². The summed E-state index contributed by atoms with van der Waals surface area (Å²) in [7, 11) is 1.81. The van der Waals surface area contributed by atoms with Gasteiger partial charge in [0.15, 0.2) is 0 Å². The number of likely N-dealkylation sites (tertiary alicyclic amines) is 1. The van der Waals surface area contributed by atoms with Crippen LogP contribution in [0.1, 0.15) is 28.8 Å². The third kappa shape index (κ3) is 3.60. The average Bonchev–Trinajstić information content (AvgIpc) is 3.28. The third-order valence-electron chi connectivity index (χ3n) is 5.02. The number of rotatable bonds is 5. The number of nitrogens with one attached hydrogen (secondary N) is 1. The summed E-state index contributed by atoms with van der Waals surface area (Å²) in [4.78, 5) is 19.1. The van der Waals surface area contributed by atoms with Gasteiger partial charge in [0.1, 0.15) is 0 Å². The lowest BCUT2D eigenvalue weighted by molar-refractivity contribution is 0.0939. The molecule has 0 bridgehead atoms. The summed E-state index contributed by atoms with van der Waals surface area (Å²) in [6.45, 7) is 2.64. The molecule has 1 saturated heterocycles. The summed E-state index contributed by atoms with van der Waals surface area (Å²) in [5.41, 5.74) is 2.92. The highest BCUT2D eigenvalue weighted by Crippen LogP contribution is 2.21. The number of carbonyl (C=O) groups is 1. The Hall–Kier alpha value is -2.73. The van der Waals surface area contributed by atoms with Crippen LogP contribution in [0.15, 0.2) is 48.9 Å². The Bertz CT molecular complexity index is 919. The van der Waals surface area contributed by atoms with Crippen molar-refractivity contribution >= 4 is 16.8 Å². The van der Waals surface area contributed by atoms with Crippen LogP contribution < -0.4 is 5.32 Å². The van der Waals surface area contributed by atoms with E-state index in [-0.39, 0.29) is 5.91 Å². The summed E-state index contributed by atoms with van der Waals surface area (Å²) in [5.74, 6) is -0.0540. The van der Waals surface area contributed by atoms with Crippen LogP contribution in [0.3, 0.4) is 0 Å². The first-order valence-corrected chi connectivity index (χ1v) is 9.03. The van der Waals surface area contributed by atoms with Gasteiger partial charge in [-0.3, -0.25) is 19.4 Å². The maximum atomic E-state index is 12.2. The smallest absolute Gasteiger partial charge is 0.254 e. The van der Waals surface area contributed by atoms with Gasteiger partial charge < -0.3 is 5.32 Å². The second-order valence-electron chi connectivity index (χ2n) is 6.91. The van der Waals surface area contributed by atoms with Crippen molar-refractivity contribution in [2.24, 2.45) is 7.05 Å². The molecule has 1 N–H and O–H groups in total. The Morgan fingerprint density at radius 2 is 2.27 bits per heavy atom. The molecular weight excluding hydrogens is 326 g/mol. The zero-order chi connectivity index (χ0) is 17.9. The number of benzene rings is 1. The molecule has 1 fully saturated rings. The van der Waals surface area contributed by atoms with Gasteiger partial charge in [0.2, 0.25) is 0 Å². The van der Waals surface area contributed by atoms with Crippen LogP contribution in [-0.4, -0.2) is 44.7 Å². The molecular formula is C20H23N5O. The number of nitrogens with zero attached hydrogens (tertiary/aromatic N) is 4. The Morgan fingerprint density at radius 1 is 1.35 bits per heavy atom. The largest absolute Gasteiger partial charge is 0.350 e. The number of pyridine rings is 1. The number of fused-ring (bicyclic) bond motifs is 1. The lowest BCUT2D eigenvalue weighted by atomic mass is 10.1. The molecule has 1 unspecified atom stereocenters. The summed E-state index contributed by atoms with van der Waals surface area (Å²) < 4.78 is 1.64. The van der Waals surface area contributed by atoms with Gasteiger partial charge in [0.05, 0.1) is 17.3 Å². The van der Waals surface area contributed by atoms with E-state index in [1.807, 2.05) is 19.3 Å². The van der Waals surface area contributed by atoms with E-state index in [0.717, 1.165) is 25.0 Å². The second kappa shape index (κ2) is 7.25. The van der Waals surface area contributed by atoms with E-state index in [2.05, 4.69) is 44.6 Å². The molecule has 26 heavy (non-hydrogen) atoms. The molecule has 0 saturated carbocycles. The lowest BCUT2D eigenvalue weighted by Gasteiger charge is -2.24. The molecule has 3 aromatic rings. The summed E-state index contributed by atoms with van der Waals surface area (Å²) in [6.07, 6.45) is 7.45. The van der Waals surface area contributed by atoms with Gasteiger partial charge in [-0.15, -0.1) is 0 Å². The monoisotopic (exact) mass is 349 g/mol. The molecule has 6 nitrogen and oxygen atoms in total. The van der Waals surface area contributed by atoms with Crippen molar-refractivity contribution in [2.45, 2.75) is 25.4 Å². The standard InChI is InChI=1S/C20H23N5O/c1-24-14-17(11-23-24)20(26)22-12-18-5-3-9-25(18)13-15-6-7-19-16(10-15)4-2-8-21-19/h2,4,6-8,10-11,14,18H,3,5,9,12-13H2,1H3,(H,22,26). The highest BCUT2D eigenvalue weighted by atomic mass is 16.1. The molecule has 1 amide bonds. The van der Waals surface area contributed by atoms with E-state index < -0.39 is 0 Å². The Morgan fingerprint density at radius 3 is 3.12 bits per heavy atom. The maximum Gasteiger partial charge on any atom is 0.254 e. The van der Waals surface area contributed by atoms with Gasteiger partial charge >= 0.3 is 0 Å². The first-order chi connectivity index (χ1) is 12.7. The zero-order valence-corrected chi connectivity index (χ0v) is 14.9. The number of hydrogen-bond donors (Lipinski definition) is 1. The Kier molecular flexibility index (Phi) is 4.67. The van der Waals surface area contributed by atoms with E-state index in [1.54, 1.807) is 17.1 Å². The highest BCUT2D eigenvalue weighted by Gasteiger charge is 2.25. The predicted octanol–water partition coefficient (Wildman–Crippen LogP) is 2.36. The van der Waals surface area contributed by atoms with Crippen LogP contribution in [0.4, 0.5) is 0 Å². The van der Waals surface area contributed by atoms with Crippen LogP contribution in [-0.2, 0) is 13.6 Å². The zero-order valence-electron chi connectivity index (χ0n) is 14.9. The molecule has 2 aromatic heterocycles. The van der Waals surface area contributed by atoms with Gasteiger partial charge in [0, 0.05) is 44.0 Å². The predicted molar refractivity (Wildman–Crippen MR) is 101 cm³/mol. The molecule has 6 heteroatoms. The quantitative estimate of drug-likeness (QED) is 0.768. The maximum absolute atomic E-state index is 12.2. The second-order valence-corrected chi connectivity index (χ2v) is 6.91. The number of carbonyl (C=O) groups excluding carboxylic acids is 1. The molecule has 4 rings (SSSR count). The van der Waals surface area contributed by atoms with Crippen molar-refractivity contribution < 1.29 is 4.79 Å². The van der Waals surface area contributed by atoms with E-state index in [4.69, 9.17) is 0 Å². The minimum Gasteiger partial charge on any atom is -0.350 e. The van der Waals surface area contributed by atoms with E-state index >= 15 is 0 Å². The van der Waals surface area contributed by atoms with Gasteiger partial charge in [-0.2, -0.15) is 5.10 Å². The summed E-state index contributed by atoms with van der Waals surface area (Å²) in [6, 6.07) is 10.9. The SMILES string of the molecule is Cn1cc(C(=O)NCC2CCCN2Cc2ccc3ncccc3c2)cn1. The number of aryl methyl sites for hydroxylation is 1. The minimum absolute atomic E-state index is 0.0540. The van der Waals surface area contributed by atoms with Crippen molar-refractivity contribution in [1.29, 1.82) is 0 Å². The van der Waals surface area contributed by atoms with E-state index in [9.17, 15) is 4.79 Å². The third-order valence-corrected chi connectivity index (χ3v) is 5.02. The molecule has 0 spiro atoms. The van der Waals surface area contributed by atoms with E-state index in [1.165, 1.54) is 17.4 Å². The molecule has 1 aliphatic rings. The van der Waals surface area contributed by atoms with Crippen LogP contribution in [0.2, 0.25) is 0 Å². The molecule has 3 heterocycles. The topological polar surface area (TPSA) is 63.1 Å². The van der Waals surface area contributed by atoms with Crippen molar-refractivity contribution in [2.75, 3.05) is 13.1 Å². The van der Waals surface area contributed by atoms with Gasteiger partial charge in [-0.1, -0.05) is 12.1 Å². The van der Waals surface area contributed by atoms with Crippen molar-refractivity contribution in [3.05, 3.63) is 60.0 Å². The van der Waals surface area contributed by atoms with Crippen LogP contribution in [0.5, 0.6) is 0 Å². The average molecular weight is 349 g/mol. The number of aromatic nitrogens is 3. The molecule has 0 radical (unpaired) electrons. The molecule has 1 atom stereocenters. The summed E-state index contributed by atoms with van der Waals surface area (Å²) >= 11 is 0. The first kappa shape index (κ1) is 16.7. The van der Waals surface area contributed by atoms with Crippen LogP contribution in [0, 0.1) is 0 Å². The minimum atomic E-state index is -0.0540. The van der Waals surface area contributed by atoms with Crippen molar-refractivity contribution in [3.63, 3.8) is 0 Å². The summed E-state index contributed by atoms with van der Waals surface area (Å²) in [5, 5.41) is 8.28. The van der Waals surface area contributed by atoms with Crippen LogP contribution >= 0.6 is 0 Å².